The highest BCUT2D eigenvalue weighted by Gasteiger charge is 2.49. The summed E-state index contributed by atoms with van der Waals surface area (Å²) in [5.41, 5.74) is -0.586. The Bertz CT molecular complexity index is 2150. The first kappa shape index (κ1) is 68.7. The molecule has 20 nitrogen and oxygen atoms in total. The van der Waals surface area contributed by atoms with Gasteiger partial charge in [0.1, 0.15) is 13.2 Å². The molecule has 2 aromatic rings. The predicted molar refractivity (Wildman–Crippen MR) is 344 cm³/mol. The topological polar surface area (TPSA) is 250 Å². The van der Waals surface area contributed by atoms with Crippen molar-refractivity contribution >= 4 is 47.6 Å². The molecule has 0 amide bonds. The summed E-state index contributed by atoms with van der Waals surface area (Å²) in [5.74, 6) is 4.01. The number of nitrogens with zero attached hydrogens (tertiary/aromatic N) is 6. The predicted octanol–water partition coefficient (Wildman–Crippen LogP) is 11.2. The van der Waals surface area contributed by atoms with E-state index < -0.39 is 0 Å². The van der Waals surface area contributed by atoms with Gasteiger partial charge in [0.05, 0.1) is 13.1 Å². The summed E-state index contributed by atoms with van der Waals surface area (Å²) in [7, 11) is 0. The maximum Gasteiger partial charge on any atom is 0.305 e. The molecule has 4 aliphatic rings. The molecule has 4 aliphatic heterocycles. The fourth-order valence-corrected chi connectivity index (χ4v) is 16.5. The van der Waals surface area contributed by atoms with Gasteiger partial charge in [0.15, 0.2) is 0 Å². The van der Waals surface area contributed by atoms with Crippen LogP contribution >= 0.6 is 0 Å². The second kappa shape index (κ2) is 28.2. The minimum Gasteiger partial charge on any atom is -0.464 e. The van der Waals surface area contributed by atoms with Gasteiger partial charge in [-0.3, -0.25) is 9.59 Å². The molecule has 8 atom stereocenters. The van der Waals surface area contributed by atoms with Crippen LogP contribution in [0.1, 0.15) is 241 Å². The second-order valence-electron chi connectivity index (χ2n) is 30.3. The van der Waals surface area contributed by atoms with E-state index in [4.69, 9.17) is 39.4 Å². The smallest absolute Gasteiger partial charge is 0.305 e. The van der Waals surface area contributed by atoms with Crippen LogP contribution in [0.2, 0.25) is 0 Å². The van der Waals surface area contributed by atoms with Crippen LogP contribution in [-0.4, -0.2) is 137 Å². The molecular weight excluding hydrogens is 1060 g/mol. The summed E-state index contributed by atoms with van der Waals surface area (Å²) >= 11 is 0. The standard InChI is InChI=1S/C64H118N16O4/c1-21-41-45(37-57(5,6)77-61(41,13)14)67-53-71-51(72-54(75-53)68-46-38-58(7,8)78-62(15,16)42(46)22-2)65-33-35-83-49(81)31-29-27-25-26-28-30-32-50(82)84-36-34-66-52-73-55(69-47-39-59(9,10)79-63(17,18)43(47)23-3)76-56(74-52)70-48-40-60(11,12)80-64(19,20)44(48)24-4/h41-48,77-80H,21-40H2,1-20H3,(H3,65,67,68,71,72,75)(H3,66,69,70,73,74,76). The highest BCUT2D eigenvalue weighted by molar-refractivity contribution is 5.69. The summed E-state index contributed by atoms with van der Waals surface area (Å²) < 4.78 is 11.3. The molecule has 0 radical (unpaired) electrons. The number of hydrogen-bond acceptors (Lipinski definition) is 20. The number of esters is 2. The third kappa shape index (κ3) is 19.6. The number of aromatic nitrogens is 6. The Morgan fingerprint density at radius 1 is 0.381 bits per heavy atom. The lowest BCUT2D eigenvalue weighted by atomic mass is 9.70. The molecule has 4 fully saturated rings. The lowest BCUT2D eigenvalue weighted by Crippen LogP contribution is -2.66. The van der Waals surface area contributed by atoms with Crippen LogP contribution < -0.4 is 53.2 Å². The number of rotatable bonds is 29. The zero-order valence-corrected chi connectivity index (χ0v) is 56.1. The minimum absolute atomic E-state index is 0.0670. The Morgan fingerprint density at radius 2 is 0.607 bits per heavy atom. The normalized spacial score (nSPS) is 27.8. The van der Waals surface area contributed by atoms with Gasteiger partial charge in [-0.25, -0.2) is 0 Å². The molecule has 6 heterocycles. The van der Waals surface area contributed by atoms with Crippen molar-refractivity contribution in [3.8, 4) is 0 Å². The van der Waals surface area contributed by atoms with Crippen LogP contribution in [0, 0.1) is 23.7 Å². The van der Waals surface area contributed by atoms with Gasteiger partial charge in [0, 0.05) is 81.3 Å². The first-order chi connectivity index (χ1) is 39.1. The summed E-state index contributed by atoms with van der Waals surface area (Å²) in [6, 6.07) is 0.611. The van der Waals surface area contributed by atoms with Gasteiger partial charge in [0.25, 0.3) is 0 Å². The van der Waals surface area contributed by atoms with Crippen LogP contribution in [0.3, 0.4) is 0 Å². The largest absolute Gasteiger partial charge is 0.464 e. The maximum absolute atomic E-state index is 12.8. The minimum atomic E-state index is -0.214. The van der Waals surface area contributed by atoms with Crippen LogP contribution in [0.5, 0.6) is 0 Å². The van der Waals surface area contributed by atoms with Crippen LogP contribution in [-0.2, 0) is 19.1 Å². The quantitative estimate of drug-likeness (QED) is 0.0269. The van der Waals surface area contributed by atoms with Gasteiger partial charge in [-0.1, -0.05) is 53.4 Å². The number of hydrogen-bond donors (Lipinski definition) is 10. The van der Waals surface area contributed by atoms with Crippen LogP contribution in [0.25, 0.3) is 0 Å². The van der Waals surface area contributed by atoms with Crippen molar-refractivity contribution in [3.63, 3.8) is 0 Å². The number of carbonyl (C=O) groups excluding carboxylic acids is 2. The highest BCUT2D eigenvalue weighted by Crippen LogP contribution is 2.41. The number of unbranched alkanes of at least 4 members (excludes halogenated alkanes) is 5. The number of ether oxygens (including phenoxy) is 2. The third-order valence-corrected chi connectivity index (χ3v) is 18.8. The molecule has 0 saturated carbocycles. The Morgan fingerprint density at radius 3 is 0.845 bits per heavy atom. The van der Waals surface area contributed by atoms with E-state index in [1.807, 2.05) is 0 Å². The van der Waals surface area contributed by atoms with Crippen molar-refractivity contribution in [1.82, 2.24) is 51.2 Å². The molecule has 4 saturated heterocycles. The average molecular weight is 1180 g/mol. The summed E-state index contributed by atoms with van der Waals surface area (Å²) in [6.07, 6.45) is 13.7. The van der Waals surface area contributed by atoms with E-state index in [0.29, 0.717) is 85.3 Å². The van der Waals surface area contributed by atoms with E-state index in [1.54, 1.807) is 0 Å². The summed E-state index contributed by atoms with van der Waals surface area (Å²) in [5, 5.41) is 37.2. The number of carbonyl (C=O) groups is 2. The maximum atomic E-state index is 12.8. The Labute approximate surface area is 507 Å². The molecule has 6 rings (SSSR count). The molecule has 0 bridgehead atoms. The second-order valence-corrected chi connectivity index (χ2v) is 30.3. The first-order valence-electron chi connectivity index (χ1n) is 32.6. The van der Waals surface area contributed by atoms with Crippen molar-refractivity contribution in [2.75, 3.05) is 58.2 Å². The molecule has 20 heteroatoms. The fourth-order valence-electron chi connectivity index (χ4n) is 16.5. The molecule has 84 heavy (non-hydrogen) atoms. The van der Waals surface area contributed by atoms with E-state index in [0.717, 1.165) is 89.9 Å². The van der Waals surface area contributed by atoms with Crippen molar-refractivity contribution in [2.24, 2.45) is 23.7 Å². The van der Waals surface area contributed by atoms with E-state index in [2.05, 4.69) is 192 Å². The Kier molecular flexibility index (Phi) is 23.1. The summed E-state index contributed by atoms with van der Waals surface area (Å²) in [6.45, 7) is 46.5. The SMILES string of the molecule is CCC1C(Nc2nc(NCCOC(=O)CCCCCCCCC(=O)OCCNc3nc(NC4CC(C)(C)NC(C)(C)C4CC)nc(NC4CC(C)(C)NC(C)(C)C4CC)n3)nc(NC3CC(C)(C)NC(C)(C)C3CC)n2)CC(C)(C)NC1(C)C. The van der Waals surface area contributed by atoms with Gasteiger partial charge >= 0.3 is 11.9 Å². The fraction of sp³-hybridized carbons (Fsp3) is 0.875. The number of piperidine rings is 4. The van der Waals surface area contributed by atoms with E-state index in [1.165, 1.54) is 0 Å². The van der Waals surface area contributed by atoms with Gasteiger partial charge in [0.2, 0.25) is 35.7 Å². The highest BCUT2D eigenvalue weighted by atomic mass is 16.5. The molecule has 478 valence electrons. The zero-order chi connectivity index (χ0) is 62.1. The molecule has 0 spiro atoms. The van der Waals surface area contributed by atoms with Crippen molar-refractivity contribution in [3.05, 3.63) is 0 Å². The van der Waals surface area contributed by atoms with Gasteiger partial charge in [-0.05, 0) is 199 Å². The molecule has 0 aromatic carbocycles. The lowest BCUT2D eigenvalue weighted by Gasteiger charge is -2.52. The van der Waals surface area contributed by atoms with Crippen molar-refractivity contribution in [2.45, 2.75) is 310 Å². The average Bonchev–Trinajstić information content (AvgIpc) is 3.55. The van der Waals surface area contributed by atoms with E-state index >= 15 is 0 Å². The number of nitrogens with one attached hydrogen (secondary N) is 10. The van der Waals surface area contributed by atoms with Crippen molar-refractivity contribution < 1.29 is 19.1 Å². The molecule has 8 unspecified atom stereocenters. The Balaban J connectivity index is 0.922. The summed E-state index contributed by atoms with van der Waals surface area (Å²) in [4.78, 5) is 55.2. The lowest BCUT2D eigenvalue weighted by molar-refractivity contribution is -0.144. The molecular formula is C64H118N16O4. The molecule has 10 N–H and O–H groups in total. The van der Waals surface area contributed by atoms with Crippen molar-refractivity contribution in [1.29, 1.82) is 0 Å². The number of anilines is 6. The monoisotopic (exact) mass is 1170 g/mol. The first-order valence-corrected chi connectivity index (χ1v) is 32.6. The van der Waals surface area contributed by atoms with E-state index in [-0.39, 0.29) is 93.6 Å². The van der Waals surface area contributed by atoms with Crippen LogP contribution in [0.15, 0.2) is 0 Å². The van der Waals surface area contributed by atoms with Gasteiger partial charge in [-0.15, -0.1) is 0 Å². The third-order valence-electron chi connectivity index (χ3n) is 18.8. The molecule has 0 aliphatic carbocycles. The Hall–Kier alpha value is -4.40. The molecule has 2 aromatic heterocycles. The van der Waals surface area contributed by atoms with E-state index in [9.17, 15) is 9.59 Å². The zero-order valence-electron chi connectivity index (χ0n) is 56.1. The van der Waals surface area contributed by atoms with Gasteiger partial charge < -0.3 is 62.6 Å². The van der Waals surface area contributed by atoms with Crippen LogP contribution in [0.4, 0.5) is 35.7 Å². The van der Waals surface area contributed by atoms with Gasteiger partial charge in [-0.2, -0.15) is 29.9 Å².